The summed E-state index contributed by atoms with van der Waals surface area (Å²) in [6.45, 7) is 1.24. The average molecular weight is 479 g/mol. The largest absolute Gasteiger partial charge is 0.481 e. The monoisotopic (exact) mass is 478 g/mol. The van der Waals surface area contributed by atoms with E-state index in [0.29, 0.717) is 32.5 Å². The summed E-state index contributed by atoms with van der Waals surface area (Å²) in [5.41, 5.74) is 4.77. The number of alkyl carbamates (subject to hydrolysis) is 1. The van der Waals surface area contributed by atoms with Crippen LogP contribution < -0.4 is 10.6 Å². The zero-order chi connectivity index (χ0) is 24.6. The van der Waals surface area contributed by atoms with Crippen molar-refractivity contribution in [3.63, 3.8) is 0 Å². The topological polar surface area (TPSA) is 105 Å². The van der Waals surface area contributed by atoms with E-state index in [1.165, 1.54) is 22.3 Å². The van der Waals surface area contributed by atoms with Crippen LogP contribution in [-0.4, -0.2) is 42.8 Å². The van der Waals surface area contributed by atoms with Crippen LogP contribution in [0.3, 0.4) is 0 Å². The fourth-order valence-electron chi connectivity index (χ4n) is 5.37. The Morgan fingerprint density at radius 1 is 0.886 bits per heavy atom. The Balaban J connectivity index is 1.09. The summed E-state index contributed by atoms with van der Waals surface area (Å²) in [4.78, 5) is 35.5. The summed E-state index contributed by atoms with van der Waals surface area (Å²) in [6, 6.07) is 16.5. The molecular weight excluding hydrogens is 444 g/mol. The number of carbonyl (C=O) groups is 3. The third-order valence-electron chi connectivity index (χ3n) is 7.23. The summed E-state index contributed by atoms with van der Waals surface area (Å²) in [6.07, 6.45) is 4.77. The lowest BCUT2D eigenvalue weighted by Crippen LogP contribution is -2.32. The molecule has 2 aliphatic rings. The molecule has 7 nitrogen and oxygen atoms in total. The maximum atomic E-state index is 12.2. The minimum atomic E-state index is -0.759. The Morgan fingerprint density at radius 3 is 2.26 bits per heavy atom. The number of unbranched alkanes of at least 4 members (excludes halogenated alkanes) is 2. The van der Waals surface area contributed by atoms with Crippen LogP contribution >= 0.6 is 0 Å². The fraction of sp³-hybridized carbons (Fsp3) is 0.464. The van der Waals surface area contributed by atoms with E-state index in [1.54, 1.807) is 0 Å². The molecule has 2 aliphatic carbocycles. The molecule has 1 fully saturated rings. The highest BCUT2D eigenvalue weighted by molar-refractivity contribution is 5.79. The van der Waals surface area contributed by atoms with Crippen LogP contribution in [0.4, 0.5) is 4.79 Å². The number of hydrogen-bond donors (Lipinski definition) is 3. The molecule has 1 saturated carbocycles. The normalized spacial score (nSPS) is 18.5. The van der Waals surface area contributed by atoms with Crippen molar-refractivity contribution in [1.29, 1.82) is 0 Å². The lowest BCUT2D eigenvalue weighted by molar-refractivity contribution is -0.143. The lowest BCUT2D eigenvalue weighted by Gasteiger charge is -2.16. The van der Waals surface area contributed by atoms with E-state index in [4.69, 9.17) is 4.74 Å². The second-order valence-corrected chi connectivity index (χ2v) is 9.50. The molecule has 0 heterocycles. The molecule has 0 bridgehead atoms. The number of fused-ring (bicyclic) bond motifs is 3. The molecule has 0 spiro atoms. The molecule has 2 atom stereocenters. The van der Waals surface area contributed by atoms with Crippen LogP contribution in [0.25, 0.3) is 11.1 Å². The van der Waals surface area contributed by atoms with E-state index in [1.807, 2.05) is 24.3 Å². The van der Waals surface area contributed by atoms with Crippen LogP contribution in [0.2, 0.25) is 0 Å². The standard InChI is InChI=1S/C28H34N2O5/c31-26(30-17-19-9-8-14-20(19)27(32)33)15-2-1-7-16-29-28(34)35-18-25-23-12-5-3-10-21(23)22-11-4-6-13-24(22)25/h3-6,10-13,19-20,25H,1-2,7-9,14-18H2,(H,29,34)(H,30,31)(H,32,33)/t19-,20-/m0/s1. The van der Waals surface area contributed by atoms with Crippen molar-refractivity contribution in [3.05, 3.63) is 59.7 Å². The molecule has 0 aromatic heterocycles. The van der Waals surface area contributed by atoms with Crippen molar-refractivity contribution in [2.24, 2.45) is 11.8 Å². The molecule has 2 amide bonds. The molecule has 2 aromatic carbocycles. The highest BCUT2D eigenvalue weighted by Gasteiger charge is 2.33. The Bertz CT molecular complexity index is 1010. The first-order valence-electron chi connectivity index (χ1n) is 12.6. The van der Waals surface area contributed by atoms with Gasteiger partial charge in [0.25, 0.3) is 0 Å². The number of aliphatic carboxylic acids is 1. The number of ether oxygens (including phenoxy) is 1. The van der Waals surface area contributed by atoms with Gasteiger partial charge in [0.1, 0.15) is 6.61 Å². The minimum absolute atomic E-state index is 0.0365. The van der Waals surface area contributed by atoms with Crippen molar-refractivity contribution in [2.45, 2.75) is 50.9 Å². The third-order valence-corrected chi connectivity index (χ3v) is 7.23. The summed E-state index contributed by atoms with van der Waals surface area (Å²) in [5, 5.41) is 14.9. The maximum Gasteiger partial charge on any atom is 0.407 e. The molecule has 0 aliphatic heterocycles. The van der Waals surface area contributed by atoms with E-state index < -0.39 is 12.1 Å². The zero-order valence-electron chi connectivity index (χ0n) is 20.0. The molecule has 3 N–H and O–H groups in total. The van der Waals surface area contributed by atoms with Gasteiger partial charge in [-0.15, -0.1) is 0 Å². The molecule has 35 heavy (non-hydrogen) atoms. The maximum absolute atomic E-state index is 12.2. The molecule has 0 unspecified atom stereocenters. The Hall–Kier alpha value is -3.35. The number of amides is 2. The highest BCUT2D eigenvalue weighted by atomic mass is 16.5. The van der Waals surface area contributed by atoms with E-state index in [0.717, 1.165) is 32.1 Å². The molecule has 0 saturated heterocycles. The average Bonchev–Trinajstić information content (AvgIpc) is 3.46. The predicted octanol–water partition coefficient (Wildman–Crippen LogP) is 4.70. The van der Waals surface area contributed by atoms with Crippen LogP contribution in [0.1, 0.15) is 62.0 Å². The van der Waals surface area contributed by atoms with Gasteiger partial charge in [-0.05, 0) is 53.9 Å². The minimum Gasteiger partial charge on any atom is -0.481 e. The predicted molar refractivity (Wildman–Crippen MR) is 133 cm³/mol. The Kier molecular flexibility index (Phi) is 8.40. The van der Waals surface area contributed by atoms with Gasteiger partial charge in [-0.1, -0.05) is 61.4 Å². The van der Waals surface area contributed by atoms with Gasteiger partial charge in [-0.2, -0.15) is 0 Å². The molecule has 7 heteroatoms. The number of rotatable bonds is 11. The van der Waals surface area contributed by atoms with Crippen molar-refractivity contribution >= 4 is 18.0 Å². The smallest absolute Gasteiger partial charge is 0.407 e. The zero-order valence-corrected chi connectivity index (χ0v) is 20.0. The van der Waals surface area contributed by atoms with Gasteiger partial charge in [0.2, 0.25) is 5.91 Å². The first kappa shape index (κ1) is 24.8. The summed E-state index contributed by atoms with van der Waals surface area (Å²) in [5.74, 6) is -1.05. The van der Waals surface area contributed by atoms with Gasteiger partial charge < -0.3 is 20.5 Å². The fourth-order valence-corrected chi connectivity index (χ4v) is 5.37. The molecule has 2 aromatic rings. The molecule has 0 radical (unpaired) electrons. The van der Waals surface area contributed by atoms with Gasteiger partial charge in [-0.25, -0.2) is 4.79 Å². The number of nitrogens with one attached hydrogen (secondary N) is 2. The SMILES string of the molecule is O=C(CCCCCNC(=O)OCC1c2ccccc2-c2ccccc21)NC[C@@H]1CCC[C@@H]1C(=O)O. The van der Waals surface area contributed by atoms with Crippen LogP contribution in [0.15, 0.2) is 48.5 Å². The van der Waals surface area contributed by atoms with E-state index in [9.17, 15) is 19.5 Å². The number of carboxylic acid groups (broad SMARTS) is 1. The highest BCUT2D eigenvalue weighted by Crippen LogP contribution is 2.44. The van der Waals surface area contributed by atoms with E-state index in [-0.39, 0.29) is 23.7 Å². The third kappa shape index (κ3) is 6.21. The van der Waals surface area contributed by atoms with Crippen molar-refractivity contribution < 1.29 is 24.2 Å². The summed E-state index contributed by atoms with van der Waals surface area (Å²) >= 11 is 0. The second-order valence-electron chi connectivity index (χ2n) is 9.50. The number of carbonyl (C=O) groups excluding carboxylic acids is 2. The van der Waals surface area contributed by atoms with Crippen molar-refractivity contribution in [1.82, 2.24) is 10.6 Å². The molecule has 186 valence electrons. The van der Waals surface area contributed by atoms with Crippen LogP contribution in [0, 0.1) is 11.8 Å². The van der Waals surface area contributed by atoms with E-state index in [2.05, 4.69) is 34.9 Å². The van der Waals surface area contributed by atoms with Gasteiger partial charge >= 0.3 is 12.1 Å². The van der Waals surface area contributed by atoms with Crippen molar-refractivity contribution in [3.8, 4) is 11.1 Å². The van der Waals surface area contributed by atoms with Gasteiger partial charge in [-0.3, -0.25) is 9.59 Å². The first-order valence-corrected chi connectivity index (χ1v) is 12.6. The lowest BCUT2D eigenvalue weighted by atomic mass is 9.96. The van der Waals surface area contributed by atoms with E-state index >= 15 is 0 Å². The van der Waals surface area contributed by atoms with Gasteiger partial charge in [0, 0.05) is 25.4 Å². The second kappa shape index (κ2) is 11.9. The molecule has 4 rings (SSSR count). The Morgan fingerprint density at radius 2 is 1.57 bits per heavy atom. The quantitative estimate of drug-likeness (QED) is 0.406. The van der Waals surface area contributed by atoms with Gasteiger partial charge in [0.05, 0.1) is 5.92 Å². The summed E-state index contributed by atoms with van der Waals surface area (Å²) in [7, 11) is 0. The van der Waals surface area contributed by atoms with Crippen LogP contribution in [0.5, 0.6) is 0 Å². The number of benzene rings is 2. The van der Waals surface area contributed by atoms with Crippen molar-refractivity contribution in [2.75, 3.05) is 19.7 Å². The van der Waals surface area contributed by atoms with Gasteiger partial charge in [0.15, 0.2) is 0 Å². The first-order chi connectivity index (χ1) is 17.0. The summed E-state index contributed by atoms with van der Waals surface area (Å²) < 4.78 is 5.53. The van der Waals surface area contributed by atoms with Crippen LogP contribution in [-0.2, 0) is 14.3 Å². The molecular formula is C28H34N2O5. The Labute approximate surface area is 206 Å². The number of carboxylic acids is 1. The number of hydrogen-bond acceptors (Lipinski definition) is 4.